The quantitative estimate of drug-likeness (QED) is 0.371. The second kappa shape index (κ2) is 4.01. The van der Waals surface area contributed by atoms with Crippen LogP contribution in [0.2, 0.25) is 0 Å². The molecule has 0 unspecified atom stereocenters. The lowest BCUT2D eigenvalue weighted by atomic mass is 10.3. The van der Waals surface area contributed by atoms with E-state index in [1.807, 2.05) is 0 Å². The second-order valence-electron chi connectivity index (χ2n) is 1.66. The van der Waals surface area contributed by atoms with Crippen LogP contribution in [0.3, 0.4) is 0 Å². The van der Waals surface area contributed by atoms with Crippen LogP contribution >= 0.6 is 8.46 Å². The Hall–Kier alpha value is -0.890. The molecule has 0 aliphatic rings. The summed E-state index contributed by atoms with van der Waals surface area (Å²) in [5.74, 6) is -1.54. The van der Waals surface area contributed by atoms with Gasteiger partial charge in [-0.1, -0.05) is 0 Å². The predicted octanol–water partition coefficient (Wildman–Crippen LogP) is 1.19. The molecule has 0 heterocycles. The monoisotopic (exact) mass is 162 g/mol. The van der Waals surface area contributed by atoms with E-state index in [9.17, 15) is 9.36 Å². The Morgan fingerprint density at radius 3 is 2.30 bits per heavy atom. The Kier molecular flexibility index (Phi) is 3.65. The first-order valence-corrected chi connectivity index (χ1v) is 3.50. The molecule has 0 atom stereocenters. The molecule has 4 nitrogen and oxygen atoms in total. The van der Waals surface area contributed by atoms with Crippen molar-refractivity contribution in [2.75, 3.05) is 6.16 Å². The van der Waals surface area contributed by atoms with Crippen LogP contribution in [0.4, 0.5) is 0 Å². The lowest BCUT2D eigenvalue weighted by Gasteiger charge is -1.94. The van der Waals surface area contributed by atoms with Crippen molar-refractivity contribution in [1.82, 2.24) is 0 Å². The number of allylic oxidation sites excluding steroid dienone is 1. The summed E-state index contributed by atoms with van der Waals surface area (Å²) in [6.45, 7) is 1.25. The average molecular weight is 162 g/mol. The fourth-order valence-corrected chi connectivity index (χ4v) is 0.663. The van der Waals surface area contributed by atoms with E-state index in [4.69, 9.17) is 10.2 Å². The van der Waals surface area contributed by atoms with Gasteiger partial charge in [0.1, 0.15) is 5.76 Å². The standard InChI is InChI=1S/C5H7O4P/c1-3(5(7)8)4(6)2-10-9/h6H,2H2,1H3,(H,7,8). The average Bonchev–Trinajstić information content (AvgIpc) is 1.87. The van der Waals surface area contributed by atoms with E-state index in [0.29, 0.717) is 0 Å². The summed E-state index contributed by atoms with van der Waals surface area (Å²) < 4.78 is 9.85. The molecule has 0 fully saturated rings. The third kappa shape index (κ3) is 2.60. The van der Waals surface area contributed by atoms with Crippen molar-refractivity contribution < 1.29 is 19.6 Å². The Morgan fingerprint density at radius 2 is 2.00 bits per heavy atom. The van der Waals surface area contributed by atoms with Crippen LogP contribution in [0, 0.1) is 0 Å². The molecule has 5 heteroatoms. The molecule has 0 aromatic carbocycles. The smallest absolute Gasteiger partial charge is 0.334 e. The van der Waals surface area contributed by atoms with Crippen molar-refractivity contribution in [1.29, 1.82) is 0 Å². The first-order chi connectivity index (χ1) is 4.59. The SMILES string of the molecule is CC(C(=O)O)=C(O)CP=O. The zero-order chi connectivity index (χ0) is 8.15. The molecule has 0 amide bonds. The van der Waals surface area contributed by atoms with Crippen LogP contribution in [-0.2, 0) is 9.36 Å². The van der Waals surface area contributed by atoms with Crippen molar-refractivity contribution in [3.05, 3.63) is 11.3 Å². The fraction of sp³-hybridized carbons (Fsp3) is 0.400. The number of hydrogen-bond donors (Lipinski definition) is 2. The maximum Gasteiger partial charge on any atom is 0.334 e. The Labute approximate surface area is 59.4 Å². The number of carboxylic acid groups (broad SMARTS) is 1. The van der Waals surface area contributed by atoms with Gasteiger partial charge in [-0.3, -0.25) is 4.57 Å². The number of carbonyl (C=O) groups is 1. The summed E-state index contributed by atoms with van der Waals surface area (Å²) in [5, 5.41) is 17.0. The van der Waals surface area contributed by atoms with E-state index in [1.54, 1.807) is 0 Å². The first kappa shape index (κ1) is 9.11. The van der Waals surface area contributed by atoms with Crippen LogP contribution in [0.25, 0.3) is 0 Å². The highest BCUT2D eigenvalue weighted by atomic mass is 31.1. The molecule has 0 saturated heterocycles. The summed E-state index contributed by atoms with van der Waals surface area (Å²) in [4.78, 5) is 10.1. The fourth-order valence-electron chi connectivity index (χ4n) is 0.303. The van der Waals surface area contributed by atoms with Gasteiger partial charge in [0.05, 0.1) is 11.7 Å². The topological polar surface area (TPSA) is 74.6 Å². The van der Waals surface area contributed by atoms with Gasteiger partial charge in [-0.15, -0.1) is 0 Å². The number of aliphatic carboxylic acids is 1. The van der Waals surface area contributed by atoms with E-state index in [1.165, 1.54) is 6.92 Å². The molecule has 56 valence electrons. The number of aliphatic hydroxyl groups excluding tert-OH is 1. The molecule has 0 rings (SSSR count). The van der Waals surface area contributed by atoms with Crippen LogP contribution < -0.4 is 0 Å². The van der Waals surface area contributed by atoms with Gasteiger partial charge in [0.25, 0.3) is 0 Å². The van der Waals surface area contributed by atoms with Crippen LogP contribution in [0.15, 0.2) is 11.3 Å². The predicted molar refractivity (Wildman–Crippen MR) is 35.4 cm³/mol. The normalized spacial score (nSPS) is 12.9. The summed E-state index contributed by atoms with van der Waals surface area (Å²) in [5.41, 5.74) is -0.164. The lowest BCUT2D eigenvalue weighted by molar-refractivity contribution is -0.132. The highest BCUT2D eigenvalue weighted by Gasteiger charge is 2.06. The zero-order valence-corrected chi connectivity index (χ0v) is 6.26. The molecule has 0 aromatic rings. The minimum absolute atomic E-state index is 0.141. The highest BCUT2D eigenvalue weighted by molar-refractivity contribution is 7.24. The summed E-state index contributed by atoms with van der Waals surface area (Å²) in [6.07, 6.45) is -0.141. The van der Waals surface area contributed by atoms with Crippen molar-refractivity contribution in [3.8, 4) is 0 Å². The maximum absolute atomic E-state index is 10.1. The summed E-state index contributed by atoms with van der Waals surface area (Å²) >= 11 is 0. The van der Waals surface area contributed by atoms with E-state index >= 15 is 0 Å². The Bertz CT molecular complexity index is 184. The third-order valence-electron chi connectivity index (χ3n) is 0.968. The second-order valence-corrected chi connectivity index (χ2v) is 2.24. The maximum atomic E-state index is 10.1. The molecule has 0 aliphatic carbocycles. The molecule has 0 bridgehead atoms. The van der Waals surface area contributed by atoms with Crippen molar-refractivity contribution in [2.45, 2.75) is 6.92 Å². The molecular weight excluding hydrogens is 155 g/mol. The zero-order valence-electron chi connectivity index (χ0n) is 5.37. The molecule has 10 heavy (non-hydrogen) atoms. The van der Waals surface area contributed by atoms with Gasteiger partial charge < -0.3 is 10.2 Å². The summed E-state index contributed by atoms with van der Waals surface area (Å²) in [6, 6.07) is 0. The van der Waals surface area contributed by atoms with Gasteiger partial charge in [-0.25, -0.2) is 4.79 Å². The molecule has 2 N–H and O–H groups in total. The molecule has 0 aromatic heterocycles. The lowest BCUT2D eigenvalue weighted by Crippen LogP contribution is -2.01. The van der Waals surface area contributed by atoms with Crippen LogP contribution in [-0.4, -0.2) is 22.3 Å². The van der Waals surface area contributed by atoms with Crippen molar-refractivity contribution >= 4 is 14.4 Å². The molecular formula is C5H7O4P. The third-order valence-corrected chi connectivity index (χ3v) is 1.40. The Balaban J connectivity index is 4.33. The molecule has 0 aliphatic heterocycles. The van der Waals surface area contributed by atoms with Gasteiger partial charge in [0, 0.05) is 0 Å². The van der Waals surface area contributed by atoms with E-state index in [0.717, 1.165) is 0 Å². The van der Waals surface area contributed by atoms with Gasteiger partial charge in [0.2, 0.25) is 0 Å². The highest BCUT2D eigenvalue weighted by Crippen LogP contribution is 2.06. The van der Waals surface area contributed by atoms with Gasteiger partial charge in [-0.2, -0.15) is 0 Å². The number of hydrogen-bond acceptors (Lipinski definition) is 3. The Morgan fingerprint density at radius 1 is 1.50 bits per heavy atom. The molecule has 0 saturated carbocycles. The van der Waals surface area contributed by atoms with Crippen LogP contribution in [0.5, 0.6) is 0 Å². The minimum atomic E-state index is -1.19. The first-order valence-electron chi connectivity index (χ1n) is 2.50. The molecule has 0 spiro atoms. The van der Waals surface area contributed by atoms with E-state index in [-0.39, 0.29) is 26.0 Å². The van der Waals surface area contributed by atoms with Crippen molar-refractivity contribution in [2.24, 2.45) is 0 Å². The number of aliphatic hydroxyl groups is 1. The molecule has 0 radical (unpaired) electrons. The number of rotatable bonds is 3. The minimum Gasteiger partial charge on any atom is -0.511 e. The van der Waals surface area contributed by atoms with Gasteiger partial charge in [-0.05, 0) is 6.92 Å². The van der Waals surface area contributed by atoms with Crippen LogP contribution in [0.1, 0.15) is 6.92 Å². The van der Waals surface area contributed by atoms with E-state index < -0.39 is 5.97 Å². The largest absolute Gasteiger partial charge is 0.511 e. The van der Waals surface area contributed by atoms with Gasteiger partial charge >= 0.3 is 5.97 Å². The summed E-state index contributed by atoms with van der Waals surface area (Å²) in [7, 11) is -0.282. The van der Waals surface area contributed by atoms with Crippen molar-refractivity contribution in [3.63, 3.8) is 0 Å². The van der Waals surface area contributed by atoms with E-state index in [2.05, 4.69) is 0 Å². The number of carboxylic acids is 1. The van der Waals surface area contributed by atoms with Gasteiger partial charge in [0.15, 0.2) is 8.46 Å².